The van der Waals surface area contributed by atoms with E-state index in [1.165, 1.54) is 12.1 Å². The minimum Gasteiger partial charge on any atom is -0.490 e. The summed E-state index contributed by atoms with van der Waals surface area (Å²) < 4.78 is 11.4. The molecule has 10 heteroatoms. The molecule has 0 radical (unpaired) electrons. The summed E-state index contributed by atoms with van der Waals surface area (Å²) in [6.45, 7) is 4.13. The maximum atomic E-state index is 12.9. The maximum absolute atomic E-state index is 12.9. The smallest absolute Gasteiger partial charge is 0.339 e. The van der Waals surface area contributed by atoms with E-state index in [2.05, 4.69) is 5.32 Å². The number of benzene rings is 2. The third kappa shape index (κ3) is 5.95. The van der Waals surface area contributed by atoms with Crippen molar-refractivity contribution < 1.29 is 28.7 Å². The normalized spacial score (nSPS) is 13.1. The van der Waals surface area contributed by atoms with Crippen molar-refractivity contribution in [1.82, 2.24) is 4.90 Å². The van der Waals surface area contributed by atoms with Gasteiger partial charge in [-0.3, -0.25) is 14.4 Å². The number of nitrogens with one attached hydrogen (secondary N) is 1. The van der Waals surface area contributed by atoms with Crippen LogP contribution in [0, 0.1) is 11.3 Å². The number of hydrogen-bond acceptors (Lipinski definition) is 7. The zero-order valence-electron chi connectivity index (χ0n) is 19.6. The van der Waals surface area contributed by atoms with Crippen LogP contribution in [0.3, 0.4) is 0 Å². The molecule has 2 aromatic carbocycles. The summed E-state index contributed by atoms with van der Waals surface area (Å²) in [6, 6.07) is 12.2. The standard InChI is InChI=1S/C25H26N4O6/c1-3-13-34-20-10-9-19(15-21(20)35-14-4-2)29-24(32)23(31)28(25(29)33)16-22(30)27-18-7-5-17(6-8-18)11-12-26/h5-10,15H,3-4,11,13-14,16H2,1-2H3,(H,27,30). The third-order valence-electron chi connectivity index (χ3n) is 4.98. The highest BCUT2D eigenvalue weighted by molar-refractivity contribution is 6.53. The van der Waals surface area contributed by atoms with Crippen molar-refractivity contribution in [3.05, 3.63) is 48.0 Å². The van der Waals surface area contributed by atoms with E-state index in [0.717, 1.165) is 18.4 Å². The van der Waals surface area contributed by atoms with Gasteiger partial charge >= 0.3 is 17.8 Å². The van der Waals surface area contributed by atoms with Gasteiger partial charge in [-0.25, -0.2) is 14.6 Å². The zero-order chi connectivity index (χ0) is 25.4. The summed E-state index contributed by atoms with van der Waals surface area (Å²) in [6.07, 6.45) is 1.76. The zero-order valence-corrected chi connectivity index (χ0v) is 19.6. The first-order valence-corrected chi connectivity index (χ1v) is 11.2. The van der Waals surface area contributed by atoms with Gasteiger partial charge in [-0.1, -0.05) is 26.0 Å². The molecule has 1 heterocycles. The van der Waals surface area contributed by atoms with Crippen LogP contribution in [0.5, 0.6) is 11.5 Å². The second kappa shape index (κ2) is 11.7. The average Bonchev–Trinajstić information content (AvgIpc) is 3.06. The van der Waals surface area contributed by atoms with Crippen molar-refractivity contribution in [2.24, 2.45) is 0 Å². The van der Waals surface area contributed by atoms with Crippen molar-refractivity contribution in [2.45, 2.75) is 33.1 Å². The van der Waals surface area contributed by atoms with Gasteiger partial charge in [0, 0.05) is 11.8 Å². The number of amides is 5. The molecule has 0 aliphatic carbocycles. The van der Waals surface area contributed by atoms with Gasteiger partial charge in [0.2, 0.25) is 5.91 Å². The third-order valence-corrected chi connectivity index (χ3v) is 4.98. The lowest BCUT2D eigenvalue weighted by molar-refractivity contribution is -0.140. The van der Waals surface area contributed by atoms with Crippen LogP contribution in [0.2, 0.25) is 0 Å². The number of hydrogen-bond donors (Lipinski definition) is 1. The Morgan fingerprint density at radius 3 is 2.23 bits per heavy atom. The molecule has 1 aliphatic rings. The predicted octanol–water partition coefficient (Wildman–Crippen LogP) is 3.26. The number of carbonyl (C=O) groups is 4. The molecule has 35 heavy (non-hydrogen) atoms. The fourth-order valence-corrected chi connectivity index (χ4v) is 3.31. The Labute approximate surface area is 203 Å². The van der Waals surface area contributed by atoms with E-state index < -0.39 is 30.3 Å². The molecule has 1 saturated heterocycles. The molecule has 10 nitrogen and oxygen atoms in total. The quantitative estimate of drug-likeness (QED) is 0.388. The lowest BCUT2D eigenvalue weighted by Gasteiger charge is -2.18. The highest BCUT2D eigenvalue weighted by atomic mass is 16.5. The Hall–Kier alpha value is -4.39. The summed E-state index contributed by atoms with van der Waals surface area (Å²) in [5.41, 5.74) is 1.35. The maximum Gasteiger partial charge on any atom is 0.339 e. The lowest BCUT2D eigenvalue weighted by atomic mass is 10.1. The van der Waals surface area contributed by atoms with Crippen LogP contribution < -0.4 is 19.7 Å². The summed E-state index contributed by atoms with van der Waals surface area (Å²) >= 11 is 0. The molecule has 1 fully saturated rings. The largest absolute Gasteiger partial charge is 0.490 e. The number of rotatable bonds is 11. The summed E-state index contributed by atoms with van der Waals surface area (Å²) in [4.78, 5) is 51.9. The van der Waals surface area contributed by atoms with Crippen LogP contribution in [-0.4, -0.2) is 48.4 Å². The van der Waals surface area contributed by atoms with E-state index in [9.17, 15) is 19.2 Å². The number of carbonyl (C=O) groups excluding carboxylic acids is 4. The molecular weight excluding hydrogens is 452 g/mol. The fourth-order valence-electron chi connectivity index (χ4n) is 3.31. The van der Waals surface area contributed by atoms with Gasteiger partial charge in [-0.05, 0) is 42.7 Å². The van der Waals surface area contributed by atoms with Crippen molar-refractivity contribution >= 4 is 35.1 Å². The van der Waals surface area contributed by atoms with Crippen LogP contribution in [-0.2, 0) is 20.8 Å². The van der Waals surface area contributed by atoms with Crippen molar-refractivity contribution in [3.8, 4) is 17.6 Å². The second-order valence-corrected chi connectivity index (χ2v) is 7.72. The predicted molar refractivity (Wildman–Crippen MR) is 127 cm³/mol. The summed E-state index contributed by atoms with van der Waals surface area (Å²) in [5, 5.41) is 11.3. The van der Waals surface area contributed by atoms with Gasteiger partial charge in [-0.2, -0.15) is 5.26 Å². The Morgan fingerprint density at radius 2 is 1.60 bits per heavy atom. The molecular formula is C25H26N4O6. The number of ether oxygens (including phenoxy) is 2. The molecule has 0 bridgehead atoms. The molecule has 1 aliphatic heterocycles. The SMILES string of the molecule is CCCOc1ccc(N2C(=O)C(=O)N(CC(=O)Nc3ccc(CC#N)cc3)C2=O)cc1OCCC. The molecule has 5 amide bonds. The number of urea groups is 1. The van der Waals surface area contributed by atoms with Crippen molar-refractivity contribution in [3.63, 3.8) is 0 Å². The monoisotopic (exact) mass is 478 g/mol. The van der Waals surface area contributed by atoms with E-state index in [4.69, 9.17) is 14.7 Å². The number of nitriles is 1. The highest BCUT2D eigenvalue weighted by Gasteiger charge is 2.46. The van der Waals surface area contributed by atoms with Gasteiger partial charge in [0.05, 0.1) is 31.4 Å². The molecule has 0 aromatic heterocycles. The molecule has 0 saturated carbocycles. The number of anilines is 2. The lowest BCUT2D eigenvalue weighted by Crippen LogP contribution is -2.39. The molecule has 3 rings (SSSR count). The van der Waals surface area contributed by atoms with Crippen molar-refractivity contribution in [2.75, 3.05) is 30.0 Å². The minimum atomic E-state index is -1.10. The Morgan fingerprint density at radius 1 is 0.943 bits per heavy atom. The fraction of sp³-hybridized carbons (Fsp3) is 0.320. The summed E-state index contributed by atoms with van der Waals surface area (Å²) in [7, 11) is 0. The number of imide groups is 2. The van der Waals surface area contributed by atoms with Crippen LogP contribution in [0.1, 0.15) is 32.3 Å². The first kappa shape index (κ1) is 25.2. The Balaban J connectivity index is 1.74. The molecule has 1 N–H and O–H groups in total. The second-order valence-electron chi connectivity index (χ2n) is 7.72. The van der Waals surface area contributed by atoms with Gasteiger partial charge in [-0.15, -0.1) is 0 Å². The topological polar surface area (TPSA) is 129 Å². The van der Waals surface area contributed by atoms with E-state index in [1.807, 2.05) is 19.9 Å². The first-order valence-electron chi connectivity index (χ1n) is 11.2. The van der Waals surface area contributed by atoms with Crippen LogP contribution in [0.4, 0.5) is 16.2 Å². The van der Waals surface area contributed by atoms with E-state index in [0.29, 0.717) is 40.2 Å². The summed E-state index contributed by atoms with van der Waals surface area (Å²) in [5.74, 6) is -2.00. The van der Waals surface area contributed by atoms with E-state index >= 15 is 0 Å². The van der Waals surface area contributed by atoms with Crippen LogP contribution in [0.15, 0.2) is 42.5 Å². The first-order chi connectivity index (χ1) is 16.9. The molecule has 2 aromatic rings. The van der Waals surface area contributed by atoms with E-state index in [1.54, 1.807) is 30.3 Å². The van der Waals surface area contributed by atoms with Crippen LogP contribution >= 0.6 is 0 Å². The van der Waals surface area contributed by atoms with Gasteiger partial charge in [0.15, 0.2) is 11.5 Å². The minimum absolute atomic E-state index is 0.138. The highest BCUT2D eigenvalue weighted by Crippen LogP contribution is 2.34. The Kier molecular flexibility index (Phi) is 8.40. The van der Waals surface area contributed by atoms with Gasteiger partial charge in [0.25, 0.3) is 0 Å². The molecule has 182 valence electrons. The average molecular weight is 479 g/mol. The Bertz CT molecular complexity index is 1160. The molecule has 0 spiro atoms. The van der Waals surface area contributed by atoms with Crippen molar-refractivity contribution in [1.29, 1.82) is 5.26 Å². The van der Waals surface area contributed by atoms with Gasteiger partial charge in [0.1, 0.15) is 6.54 Å². The van der Waals surface area contributed by atoms with Crippen LogP contribution in [0.25, 0.3) is 0 Å². The molecule has 0 unspecified atom stereocenters. The number of nitrogens with zero attached hydrogens (tertiary/aromatic N) is 3. The van der Waals surface area contributed by atoms with E-state index in [-0.39, 0.29) is 12.1 Å². The molecule has 0 atom stereocenters. The van der Waals surface area contributed by atoms with Gasteiger partial charge < -0.3 is 14.8 Å².